The van der Waals surface area contributed by atoms with E-state index in [0.717, 1.165) is 25.2 Å². The number of anilines is 2. The fourth-order valence-electron chi connectivity index (χ4n) is 1.49. The molecule has 0 aliphatic heterocycles. The summed E-state index contributed by atoms with van der Waals surface area (Å²) < 4.78 is 1.07. The molecule has 0 saturated heterocycles. The Balaban J connectivity index is 1.82. The van der Waals surface area contributed by atoms with Gasteiger partial charge in [0.15, 0.2) is 5.01 Å². The van der Waals surface area contributed by atoms with E-state index in [4.69, 9.17) is 11.6 Å². The number of thiophene rings is 1. The van der Waals surface area contributed by atoms with Gasteiger partial charge in [0.25, 0.3) is 0 Å². The minimum absolute atomic E-state index is 0.714. The molecule has 0 aliphatic carbocycles. The molecule has 1 N–H and O–H groups in total. The highest BCUT2D eigenvalue weighted by Crippen LogP contribution is 2.36. The molecule has 2 aromatic heterocycles. The zero-order valence-corrected chi connectivity index (χ0v) is 13.4. The van der Waals surface area contributed by atoms with Crippen molar-refractivity contribution in [3.8, 4) is 10.6 Å². The Bertz CT molecular complexity index is 693. The highest BCUT2D eigenvalue weighted by atomic mass is 79.9. The number of halogens is 2. The second kappa shape index (κ2) is 5.58. The molecule has 2 heterocycles. The molecule has 0 radical (unpaired) electrons. The molecule has 0 unspecified atom stereocenters. The number of hydrogen-bond donors (Lipinski definition) is 1. The number of rotatable bonds is 3. The number of benzene rings is 1. The van der Waals surface area contributed by atoms with Crippen LogP contribution in [0.25, 0.3) is 10.6 Å². The van der Waals surface area contributed by atoms with Gasteiger partial charge in [0.2, 0.25) is 5.13 Å². The summed E-state index contributed by atoms with van der Waals surface area (Å²) in [6, 6.07) is 9.51. The van der Waals surface area contributed by atoms with Crippen LogP contribution in [0.15, 0.2) is 39.5 Å². The summed E-state index contributed by atoms with van der Waals surface area (Å²) >= 11 is 12.5. The van der Waals surface area contributed by atoms with Gasteiger partial charge >= 0.3 is 0 Å². The molecule has 0 saturated carbocycles. The summed E-state index contributed by atoms with van der Waals surface area (Å²) in [7, 11) is 0. The Labute approximate surface area is 131 Å². The topological polar surface area (TPSA) is 37.8 Å². The van der Waals surface area contributed by atoms with Gasteiger partial charge in [0.1, 0.15) is 0 Å². The van der Waals surface area contributed by atoms with E-state index in [1.165, 1.54) is 11.3 Å². The molecule has 0 aliphatic rings. The van der Waals surface area contributed by atoms with Crippen LogP contribution < -0.4 is 5.32 Å². The lowest BCUT2D eigenvalue weighted by Gasteiger charge is -2.00. The Morgan fingerprint density at radius 1 is 1.11 bits per heavy atom. The Kier molecular flexibility index (Phi) is 3.83. The third kappa shape index (κ3) is 2.97. The molecule has 19 heavy (non-hydrogen) atoms. The van der Waals surface area contributed by atoms with E-state index in [2.05, 4.69) is 31.4 Å². The molecular weight excluding hydrogens is 366 g/mol. The first-order valence-corrected chi connectivity index (χ1v) is 8.18. The van der Waals surface area contributed by atoms with E-state index in [0.29, 0.717) is 5.02 Å². The highest BCUT2D eigenvalue weighted by Gasteiger charge is 2.10. The molecule has 0 atom stereocenters. The molecule has 96 valence electrons. The van der Waals surface area contributed by atoms with Crippen LogP contribution in [0, 0.1) is 0 Å². The lowest BCUT2D eigenvalue weighted by atomic mass is 10.3. The van der Waals surface area contributed by atoms with Crippen molar-refractivity contribution in [3.63, 3.8) is 0 Å². The van der Waals surface area contributed by atoms with E-state index >= 15 is 0 Å². The van der Waals surface area contributed by atoms with Gasteiger partial charge in [-0.25, -0.2) is 0 Å². The third-order valence-electron chi connectivity index (χ3n) is 2.37. The van der Waals surface area contributed by atoms with Crippen molar-refractivity contribution in [2.24, 2.45) is 0 Å². The van der Waals surface area contributed by atoms with E-state index in [1.807, 2.05) is 35.7 Å². The maximum Gasteiger partial charge on any atom is 0.210 e. The van der Waals surface area contributed by atoms with Crippen molar-refractivity contribution in [2.75, 3.05) is 5.32 Å². The van der Waals surface area contributed by atoms with Gasteiger partial charge in [-0.15, -0.1) is 21.5 Å². The minimum atomic E-state index is 0.714. The van der Waals surface area contributed by atoms with E-state index in [-0.39, 0.29) is 0 Å². The number of nitrogens with zero attached hydrogens (tertiary/aromatic N) is 2. The first-order valence-electron chi connectivity index (χ1n) is 5.32. The van der Waals surface area contributed by atoms with Crippen LogP contribution in [0.2, 0.25) is 5.02 Å². The van der Waals surface area contributed by atoms with Crippen molar-refractivity contribution in [2.45, 2.75) is 0 Å². The molecule has 0 amide bonds. The molecule has 0 spiro atoms. The predicted octanol–water partition coefficient (Wildman–Crippen LogP) is 5.43. The molecule has 0 fully saturated rings. The maximum atomic E-state index is 5.85. The Morgan fingerprint density at radius 2 is 1.89 bits per heavy atom. The summed E-state index contributed by atoms with van der Waals surface area (Å²) in [5.74, 6) is 0. The van der Waals surface area contributed by atoms with Gasteiger partial charge < -0.3 is 5.32 Å². The van der Waals surface area contributed by atoms with E-state index < -0.39 is 0 Å². The smallest absolute Gasteiger partial charge is 0.210 e. The van der Waals surface area contributed by atoms with Gasteiger partial charge in [0, 0.05) is 16.3 Å². The first-order chi connectivity index (χ1) is 9.22. The monoisotopic (exact) mass is 371 g/mol. The van der Waals surface area contributed by atoms with Crippen LogP contribution in [0.3, 0.4) is 0 Å². The molecule has 3 rings (SSSR count). The van der Waals surface area contributed by atoms with Crippen LogP contribution in [0.4, 0.5) is 10.8 Å². The summed E-state index contributed by atoms with van der Waals surface area (Å²) in [5, 5.41) is 15.9. The van der Waals surface area contributed by atoms with Crippen LogP contribution in [-0.2, 0) is 0 Å². The number of aromatic nitrogens is 2. The molecule has 3 nitrogen and oxygen atoms in total. The lowest BCUT2D eigenvalue weighted by Crippen LogP contribution is -1.88. The quantitative estimate of drug-likeness (QED) is 0.666. The second-order valence-electron chi connectivity index (χ2n) is 3.65. The Hall–Kier alpha value is -0.950. The molecule has 1 aromatic carbocycles. The van der Waals surface area contributed by atoms with E-state index in [1.54, 1.807) is 11.3 Å². The zero-order chi connectivity index (χ0) is 13.2. The van der Waals surface area contributed by atoms with Crippen molar-refractivity contribution in [3.05, 3.63) is 44.5 Å². The number of nitrogens with one attached hydrogen (secondary N) is 1. The van der Waals surface area contributed by atoms with E-state index in [9.17, 15) is 0 Å². The van der Waals surface area contributed by atoms with Gasteiger partial charge in [-0.05, 0) is 51.6 Å². The summed E-state index contributed by atoms with van der Waals surface area (Å²) in [6.07, 6.45) is 0. The Morgan fingerprint density at radius 3 is 2.58 bits per heavy atom. The van der Waals surface area contributed by atoms with Crippen LogP contribution in [-0.4, -0.2) is 10.2 Å². The first kappa shape index (κ1) is 13.1. The van der Waals surface area contributed by atoms with Gasteiger partial charge in [-0.2, -0.15) is 0 Å². The summed E-state index contributed by atoms with van der Waals surface area (Å²) in [5.41, 5.74) is 2.02. The lowest BCUT2D eigenvalue weighted by molar-refractivity contribution is 1.10. The van der Waals surface area contributed by atoms with Crippen LogP contribution >= 0.6 is 50.2 Å². The normalized spacial score (nSPS) is 10.6. The average Bonchev–Trinajstić information content (AvgIpc) is 3.01. The van der Waals surface area contributed by atoms with Crippen LogP contribution in [0.5, 0.6) is 0 Å². The molecule has 3 aromatic rings. The molecule has 0 bridgehead atoms. The van der Waals surface area contributed by atoms with Crippen molar-refractivity contribution in [1.82, 2.24) is 10.2 Å². The molecule has 7 heteroatoms. The number of hydrogen-bond acceptors (Lipinski definition) is 5. The zero-order valence-electron chi connectivity index (χ0n) is 9.43. The highest BCUT2D eigenvalue weighted by molar-refractivity contribution is 9.11. The summed E-state index contributed by atoms with van der Waals surface area (Å²) in [6.45, 7) is 0. The molecular formula is C12H7BrClN3S2. The van der Waals surface area contributed by atoms with Gasteiger partial charge in [-0.3, -0.25) is 0 Å². The fourth-order valence-corrected chi connectivity index (χ4v) is 3.86. The second-order valence-corrected chi connectivity index (χ2v) is 7.30. The van der Waals surface area contributed by atoms with Gasteiger partial charge in [0.05, 0.1) is 3.79 Å². The van der Waals surface area contributed by atoms with Crippen molar-refractivity contribution in [1.29, 1.82) is 0 Å². The standard InChI is InChI=1S/C12H7BrClN3S2/c13-10-9(5-6-18-10)11-16-17-12(19-11)15-8-3-1-7(14)2-4-8/h1-6H,(H,15,17). The van der Waals surface area contributed by atoms with Crippen molar-refractivity contribution < 1.29 is 0 Å². The summed E-state index contributed by atoms with van der Waals surface area (Å²) in [4.78, 5) is 0. The average molecular weight is 373 g/mol. The van der Waals surface area contributed by atoms with Crippen molar-refractivity contribution >= 4 is 61.0 Å². The van der Waals surface area contributed by atoms with Crippen LogP contribution in [0.1, 0.15) is 0 Å². The minimum Gasteiger partial charge on any atom is -0.330 e. The largest absolute Gasteiger partial charge is 0.330 e. The third-order valence-corrected chi connectivity index (χ3v) is 5.18. The fraction of sp³-hybridized carbons (Fsp3) is 0. The van der Waals surface area contributed by atoms with Gasteiger partial charge in [-0.1, -0.05) is 22.9 Å². The maximum absolute atomic E-state index is 5.85. The SMILES string of the molecule is Clc1ccc(Nc2nnc(-c3ccsc3Br)s2)cc1. The predicted molar refractivity (Wildman–Crippen MR) is 85.7 cm³/mol.